The Bertz CT molecular complexity index is 287. The third-order valence-corrected chi connectivity index (χ3v) is 2.13. The molecule has 1 aliphatic heterocycles. The van der Waals surface area contributed by atoms with Gasteiger partial charge < -0.3 is 14.6 Å². The van der Waals surface area contributed by atoms with Crippen LogP contribution in [0.4, 0.5) is 0 Å². The van der Waals surface area contributed by atoms with Gasteiger partial charge in [-0.25, -0.2) is 0 Å². The maximum atomic E-state index is 5.46. The normalized spacial score (nSPS) is 29.1. The second-order valence-corrected chi connectivity index (χ2v) is 3.19. The molecule has 0 amide bonds. The van der Waals surface area contributed by atoms with Crippen molar-refractivity contribution >= 4 is 0 Å². The summed E-state index contributed by atoms with van der Waals surface area (Å²) in [6.45, 7) is 5.37. The van der Waals surface area contributed by atoms with Crippen molar-refractivity contribution in [1.29, 1.82) is 0 Å². The molecular weight excluding hydrogens is 170 g/mol. The summed E-state index contributed by atoms with van der Waals surface area (Å²) >= 11 is 0. The molecule has 0 saturated carbocycles. The average Bonchev–Trinajstić information content (AvgIpc) is 2.53. The van der Waals surface area contributed by atoms with E-state index in [0.29, 0.717) is 11.7 Å². The van der Waals surface area contributed by atoms with Gasteiger partial charge in [0.05, 0.1) is 12.7 Å². The molecular formula is C8H13N3O2. The van der Waals surface area contributed by atoms with Gasteiger partial charge in [-0.05, 0) is 13.8 Å². The average molecular weight is 183 g/mol. The summed E-state index contributed by atoms with van der Waals surface area (Å²) in [6.07, 6.45) is 0.0913. The molecule has 0 unspecified atom stereocenters. The second kappa shape index (κ2) is 3.43. The summed E-state index contributed by atoms with van der Waals surface area (Å²) in [5.74, 6) is 1.28. The Balaban J connectivity index is 2.14. The molecule has 0 spiro atoms. The summed E-state index contributed by atoms with van der Waals surface area (Å²) in [7, 11) is 0. The van der Waals surface area contributed by atoms with Crippen molar-refractivity contribution in [1.82, 2.24) is 15.5 Å². The fraction of sp³-hybridized carbons (Fsp3) is 0.750. The Morgan fingerprint density at radius 2 is 2.38 bits per heavy atom. The van der Waals surface area contributed by atoms with Crippen molar-refractivity contribution < 1.29 is 9.26 Å². The Labute approximate surface area is 76.5 Å². The van der Waals surface area contributed by atoms with Gasteiger partial charge in [-0.15, -0.1) is 0 Å². The Morgan fingerprint density at radius 1 is 1.54 bits per heavy atom. The van der Waals surface area contributed by atoms with Crippen LogP contribution < -0.4 is 5.32 Å². The molecule has 1 aromatic rings. The van der Waals surface area contributed by atoms with Gasteiger partial charge in [0.1, 0.15) is 6.04 Å². The number of nitrogens with one attached hydrogen (secondary N) is 1. The van der Waals surface area contributed by atoms with Crippen LogP contribution in [-0.4, -0.2) is 29.4 Å². The standard InChI is InChI=1S/C8H13N3O2/c1-5-7(9-3-4-12-5)8-10-6(2)11-13-8/h5,7,9H,3-4H2,1-2H3/t5-,7+/m0/s1. The van der Waals surface area contributed by atoms with Gasteiger partial charge in [0.25, 0.3) is 0 Å². The van der Waals surface area contributed by atoms with Gasteiger partial charge in [-0.2, -0.15) is 4.98 Å². The van der Waals surface area contributed by atoms with Crippen LogP contribution in [0.5, 0.6) is 0 Å². The monoisotopic (exact) mass is 183 g/mol. The summed E-state index contributed by atoms with van der Waals surface area (Å²) in [5.41, 5.74) is 0. The van der Waals surface area contributed by atoms with Gasteiger partial charge in [0.2, 0.25) is 5.89 Å². The number of aromatic nitrogens is 2. The van der Waals surface area contributed by atoms with Crippen LogP contribution in [-0.2, 0) is 4.74 Å². The van der Waals surface area contributed by atoms with Crippen LogP contribution >= 0.6 is 0 Å². The van der Waals surface area contributed by atoms with Crippen molar-refractivity contribution in [3.8, 4) is 0 Å². The molecule has 0 aliphatic carbocycles. The van der Waals surface area contributed by atoms with Crippen LogP contribution in [0.1, 0.15) is 24.7 Å². The topological polar surface area (TPSA) is 60.2 Å². The molecule has 5 nitrogen and oxygen atoms in total. The first-order chi connectivity index (χ1) is 6.27. The number of morpholine rings is 1. The molecule has 1 fully saturated rings. The molecule has 5 heteroatoms. The summed E-state index contributed by atoms with van der Waals surface area (Å²) in [4.78, 5) is 4.16. The van der Waals surface area contributed by atoms with Gasteiger partial charge in [-0.3, -0.25) is 0 Å². The number of ether oxygens (including phenoxy) is 1. The van der Waals surface area contributed by atoms with E-state index in [-0.39, 0.29) is 12.1 Å². The summed E-state index contributed by atoms with van der Waals surface area (Å²) in [6, 6.07) is 0.0370. The van der Waals surface area contributed by atoms with E-state index >= 15 is 0 Å². The molecule has 2 heterocycles. The zero-order valence-electron chi connectivity index (χ0n) is 7.78. The number of nitrogens with zero attached hydrogens (tertiary/aromatic N) is 2. The predicted molar refractivity (Wildman–Crippen MR) is 45.2 cm³/mol. The van der Waals surface area contributed by atoms with Crippen LogP contribution in [0.2, 0.25) is 0 Å². The van der Waals surface area contributed by atoms with E-state index in [4.69, 9.17) is 9.26 Å². The second-order valence-electron chi connectivity index (χ2n) is 3.19. The highest BCUT2D eigenvalue weighted by atomic mass is 16.5. The van der Waals surface area contributed by atoms with Crippen molar-refractivity contribution in [2.45, 2.75) is 26.0 Å². The molecule has 2 atom stereocenters. The lowest BCUT2D eigenvalue weighted by molar-refractivity contribution is -0.00136. The van der Waals surface area contributed by atoms with Gasteiger partial charge in [0, 0.05) is 6.54 Å². The van der Waals surface area contributed by atoms with E-state index in [2.05, 4.69) is 15.5 Å². The van der Waals surface area contributed by atoms with Crippen LogP contribution in [0.15, 0.2) is 4.52 Å². The fourth-order valence-electron chi connectivity index (χ4n) is 1.45. The first kappa shape index (κ1) is 8.65. The Kier molecular flexibility index (Phi) is 2.28. The molecule has 2 rings (SSSR count). The van der Waals surface area contributed by atoms with E-state index in [1.54, 1.807) is 6.92 Å². The quantitative estimate of drug-likeness (QED) is 0.684. The molecule has 13 heavy (non-hydrogen) atoms. The van der Waals surface area contributed by atoms with Crippen LogP contribution in [0.3, 0.4) is 0 Å². The lowest BCUT2D eigenvalue weighted by Crippen LogP contribution is -2.40. The maximum Gasteiger partial charge on any atom is 0.246 e. The Hall–Kier alpha value is -0.940. The van der Waals surface area contributed by atoms with Crippen LogP contribution in [0, 0.1) is 6.92 Å². The maximum absolute atomic E-state index is 5.46. The van der Waals surface area contributed by atoms with E-state index in [9.17, 15) is 0 Å². The van der Waals surface area contributed by atoms with E-state index in [1.807, 2.05) is 6.92 Å². The minimum atomic E-state index is 0.0370. The number of rotatable bonds is 1. The van der Waals surface area contributed by atoms with E-state index in [0.717, 1.165) is 13.2 Å². The number of hydrogen-bond acceptors (Lipinski definition) is 5. The molecule has 1 aromatic heterocycles. The molecule has 0 radical (unpaired) electrons. The van der Waals surface area contributed by atoms with Crippen molar-refractivity contribution in [3.05, 3.63) is 11.7 Å². The summed E-state index contributed by atoms with van der Waals surface area (Å²) in [5, 5.41) is 7.02. The van der Waals surface area contributed by atoms with Crippen LogP contribution in [0.25, 0.3) is 0 Å². The molecule has 72 valence electrons. The largest absolute Gasteiger partial charge is 0.375 e. The van der Waals surface area contributed by atoms with Gasteiger partial charge in [-0.1, -0.05) is 5.16 Å². The zero-order chi connectivity index (χ0) is 9.26. The third-order valence-electron chi connectivity index (χ3n) is 2.13. The number of hydrogen-bond donors (Lipinski definition) is 1. The highest BCUT2D eigenvalue weighted by molar-refractivity contribution is 4.95. The highest BCUT2D eigenvalue weighted by Gasteiger charge is 2.27. The lowest BCUT2D eigenvalue weighted by Gasteiger charge is -2.27. The molecule has 1 aliphatic rings. The van der Waals surface area contributed by atoms with Crippen molar-refractivity contribution in [2.24, 2.45) is 0 Å². The molecule has 1 N–H and O–H groups in total. The molecule has 1 saturated heterocycles. The lowest BCUT2D eigenvalue weighted by atomic mass is 10.1. The smallest absolute Gasteiger partial charge is 0.246 e. The molecule has 0 aromatic carbocycles. The van der Waals surface area contributed by atoms with Gasteiger partial charge in [0.15, 0.2) is 5.82 Å². The van der Waals surface area contributed by atoms with E-state index < -0.39 is 0 Å². The van der Waals surface area contributed by atoms with E-state index in [1.165, 1.54) is 0 Å². The van der Waals surface area contributed by atoms with Crippen molar-refractivity contribution in [2.75, 3.05) is 13.2 Å². The first-order valence-corrected chi connectivity index (χ1v) is 4.42. The first-order valence-electron chi connectivity index (χ1n) is 4.42. The van der Waals surface area contributed by atoms with Gasteiger partial charge >= 0.3 is 0 Å². The van der Waals surface area contributed by atoms with Crippen molar-refractivity contribution in [3.63, 3.8) is 0 Å². The number of aryl methyl sites for hydroxylation is 1. The zero-order valence-corrected chi connectivity index (χ0v) is 7.78. The predicted octanol–water partition coefficient (Wildman–Crippen LogP) is 0.427. The third kappa shape index (κ3) is 1.71. The summed E-state index contributed by atoms with van der Waals surface area (Å²) < 4.78 is 10.5. The molecule has 0 bridgehead atoms. The fourth-order valence-corrected chi connectivity index (χ4v) is 1.45. The minimum absolute atomic E-state index is 0.0370. The minimum Gasteiger partial charge on any atom is -0.375 e. The SMILES string of the molecule is Cc1noc([C@@H]2NCCO[C@H]2C)n1. The highest BCUT2D eigenvalue weighted by Crippen LogP contribution is 2.19. The Morgan fingerprint density at radius 3 is 3.00 bits per heavy atom.